The number of carbonyl (C=O) groups is 1. The zero-order chi connectivity index (χ0) is 20.5. The number of aromatic nitrogens is 4. The van der Waals surface area contributed by atoms with Gasteiger partial charge in [0.1, 0.15) is 0 Å². The highest BCUT2D eigenvalue weighted by Gasteiger charge is 2.28. The second kappa shape index (κ2) is 7.95. The number of halogens is 1. The minimum Gasteiger partial charge on any atom is -0.489 e. The summed E-state index contributed by atoms with van der Waals surface area (Å²) in [6, 6.07) is 11.5. The number of nitrogens with one attached hydrogen (secondary N) is 1. The first-order chi connectivity index (χ1) is 14.7. The van der Waals surface area contributed by atoms with Crippen molar-refractivity contribution in [3.05, 3.63) is 47.0 Å². The van der Waals surface area contributed by atoms with Crippen LogP contribution in [0.3, 0.4) is 0 Å². The third-order valence-electron chi connectivity index (χ3n) is 5.02. The van der Waals surface area contributed by atoms with E-state index in [-0.39, 0.29) is 12.3 Å². The fraction of sp³-hybridized carbons (Fsp3) is 0.333. The summed E-state index contributed by atoms with van der Waals surface area (Å²) < 4.78 is 13.2. The van der Waals surface area contributed by atoms with Crippen LogP contribution in [0.25, 0.3) is 11.4 Å². The van der Waals surface area contributed by atoms with Gasteiger partial charge in [-0.2, -0.15) is 0 Å². The maximum atomic E-state index is 12.6. The van der Waals surface area contributed by atoms with E-state index in [1.54, 1.807) is 6.07 Å². The lowest BCUT2D eigenvalue weighted by molar-refractivity contribution is -0.115. The zero-order valence-electron chi connectivity index (χ0n) is 16.2. The van der Waals surface area contributed by atoms with E-state index in [0.717, 1.165) is 30.4 Å². The highest BCUT2D eigenvalue weighted by Crippen LogP contribution is 2.38. The summed E-state index contributed by atoms with van der Waals surface area (Å²) >= 11 is 6.33. The Morgan fingerprint density at radius 3 is 2.93 bits per heavy atom. The molecule has 9 heteroatoms. The molecular weight excluding hydrogens is 406 g/mol. The molecule has 1 aliphatic carbocycles. The summed E-state index contributed by atoms with van der Waals surface area (Å²) in [4.78, 5) is 12.6. The van der Waals surface area contributed by atoms with Gasteiger partial charge in [-0.1, -0.05) is 23.7 Å². The van der Waals surface area contributed by atoms with E-state index in [4.69, 9.17) is 21.1 Å². The molecule has 8 nitrogen and oxygen atoms in total. The predicted octanol–water partition coefficient (Wildman–Crippen LogP) is 3.67. The molecule has 1 amide bonds. The van der Waals surface area contributed by atoms with Gasteiger partial charge in [0.05, 0.1) is 30.7 Å². The molecule has 2 aromatic carbocycles. The standard InChI is InChI=1S/C21H20ClN5O3/c22-17-9-13(10-18-20(17)30-8-2-7-29-18)11-19(28)23-15-4-1-3-14(12-15)21-24-25-26-27(21)16-5-6-16/h1,3-4,9-10,12,16H,2,5-8,11H2,(H,23,28). The topological polar surface area (TPSA) is 91.2 Å². The second-order valence-electron chi connectivity index (χ2n) is 7.44. The molecule has 2 aliphatic rings. The fourth-order valence-electron chi connectivity index (χ4n) is 3.46. The number of anilines is 1. The largest absolute Gasteiger partial charge is 0.489 e. The Balaban J connectivity index is 1.31. The lowest BCUT2D eigenvalue weighted by atomic mass is 10.1. The van der Waals surface area contributed by atoms with Crippen LogP contribution in [0, 0.1) is 0 Å². The van der Waals surface area contributed by atoms with Crippen LogP contribution in [0.5, 0.6) is 11.5 Å². The van der Waals surface area contributed by atoms with Crippen molar-refractivity contribution in [3.8, 4) is 22.9 Å². The van der Waals surface area contributed by atoms with Crippen molar-refractivity contribution in [3.63, 3.8) is 0 Å². The molecule has 0 radical (unpaired) electrons. The number of nitrogens with zero attached hydrogens (tertiary/aromatic N) is 4. The second-order valence-corrected chi connectivity index (χ2v) is 7.85. The summed E-state index contributed by atoms with van der Waals surface area (Å²) in [5.41, 5.74) is 2.31. The molecule has 0 atom stereocenters. The lowest BCUT2D eigenvalue weighted by Gasteiger charge is -2.12. The van der Waals surface area contributed by atoms with Crippen molar-refractivity contribution in [1.82, 2.24) is 20.2 Å². The molecule has 1 aromatic heterocycles. The summed E-state index contributed by atoms with van der Waals surface area (Å²) in [7, 11) is 0. The number of hydrogen-bond donors (Lipinski definition) is 1. The van der Waals surface area contributed by atoms with E-state index in [9.17, 15) is 4.79 Å². The first-order valence-corrected chi connectivity index (χ1v) is 10.3. The molecule has 5 rings (SSSR count). The Bertz CT molecular complexity index is 1100. The average molecular weight is 426 g/mol. The Kier molecular flexibility index (Phi) is 5.00. The highest BCUT2D eigenvalue weighted by atomic mass is 35.5. The molecule has 154 valence electrons. The van der Waals surface area contributed by atoms with E-state index in [1.807, 2.05) is 35.0 Å². The number of fused-ring (bicyclic) bond motifs is 1. The molecule has 3 aromatic rings. The van der Waals surface area contributed by atoms with Gasteiger partial charge >= 0.3 is 0 Å². The molecule has 0 bridgehead atoms. The van der Waals surface area contributed by atoms with Gasteiger partial charge in [0.25, 0.3) is 0 Å². The molecular formula is C21H20ClN5O3. The third-order valence-corrected chi connectivity index (χ3v) is 5.30. The molecule has 1 N–H and O–H groups in total. The van der Waals surface area contributed by atoms with Gasteiger partial charge in [-0.25, -0.2) is 4.68 Å². The lowest BCUT2D eigenvalue weighted by Crippen LogP contribution is -2.14. The molecule has 30 heavy (non-hydrogen) atoms. The first kappa shape index (κ1) is 18.9. The number of benzene rings is 2. The SMILES string of the molecule is O=C(Cc1cc(Cl)c2c(c1)OCCCO2)Nc1cccc(-c2nnnn2C2CC2)c1. The predicted molar refractivity (Wildman–Crippen MR) is 111 cm³/mol. The van der Waals surface area contributed by atoms with Crippen LogP contribution in [0.15, 0.2) is 36.4 Å². The van der Waals surface area contributed by atoms with Crippen LogP contribution in [0.4, 0.5) is 5.69 Å². The molecule has 0 saturated heterocycles. The van der Waals surface area contributed by atoms with Gasteiger partial charge in [-0.3, -0.25) is 4.79 Å². The van der Waals surface area contributed by atoms with Gasteiger partial charge in [0.2, 0.25) is 5.91 Å². The minimum absolute atomic E-state index is 0.153. The molecule has 2 heterocycles. The quantitative estimate of drug-likeness (QED) is 0.670. The van der Waals surface area contributed by atoms with E-state index in [1.165, 1.54) is 0 Å². The normalized spacial score (nSPS) is 15.5. The molecule has 1 fully saturated rings. The van der Waals surface area contributed by atoms with Crippen LogP contribution >= 0.6 is 11.6 Å². The summed E-state index contributed by atoms with van der Waals surface area (Å²) in [6.45, 7) is 1.12. The van der Waals surface area contributed by atoms with Gasteiger partial charge < -0.3 is 14.8 Å². The Labute approximate surface area is 178 Å². The molecule has 1 aliphatic heterocycles. The summed E-state index contributed by atoms with van der Waals surface area (Å²) in [6.07, 6.45) is 3.14. The van der Waals surface area contributed by atoms with Crippen molar-refractivity contribution in [2.75, 3.05) is 18.5 Å². The first-order valence-electron chi connectivity index (χ1n) is 9.93. The van der Waals surface area contributed by atoms with Gasteiger partial charge in [-0.15, -0.1) is 5.10 Å². The number of ether oxygens (including phenoxy) is 2. The zero-order valence-corrected chi connectivity index (χ0v) is 16.9. The maximum absolute atomic E-state index is 12.6. The monoisotopic (exact) mass is 425 g/mol. The van der Waals surface area contributed by atoms with Crippen LogP contribution < -0.4 is 14.8 Å². The smallest absolute Gasteiger partial charge is 0.228 e. The van der Waals surface area contributed by atoms with Crippen LogP contribution in [0.1, 0.15) is 30.9 Å². The number of carbonyl (C=O) groups excluding carboxylic acids is 1. The van der Waals surface area contributed by atoms with Crippen molar-refractivity contribution in [1.29, 1.82) is 0 Å². The van der Waals surface area contributed by atoms with Gasteiger partial charge in [0, 0.05) is 17.7 Å². The molecule has 1 saturated carbocycles. The third kappa shape index (κ3) is 3.95. The van der Waals surface area contributed by atoms with Crippen LogP contribution in [-0.2, 0) is 11.2 Å². The van der Waals surface area contributed by atoms with E-state index >= 15 is 0 Å². The number of tetrazole rings is 1. The van der Waals surface area contributed by atoms with E-state index in [2.05, 4.69) is 20.8 Å². The number of amides is 1. The fourth-order valence-corrected chi connectivity index (χ4v) is 3.75. The van der Waals surface area contributed by atoms with Crippen molar-refractivity contribution in [2.24, 2.45) is 0 Å². The number of rotatable bonds is 5. The van der Waals surface area contributed by atoms with E-state index in [0.29, 0.717) is 47.3 Å². The highest BCUT2D eigenvalue weighted by molar-refractivity contribution is 6.32. The van der Waals surface area contributed by atoms with Crippen LogP contribution in [0.2, 0.25) is 5.02 Å². The van der Waals surface area contributed by atoms with Crippen molar-refractivity contribution in [2.45, 2.75) is 31.7 Å². The number of hydrogen-bond acceptors (Lipinski definition) is 6. The maximum Gasteiger partial charge on any atom is 0.228 e. The van der Waals surface area contributed by atoms with E-state index < -0.39 is 0 Å². The molecule has 0 spiro atoms. The molecule has 0 unspecified atom stereocenters. The Hall–Kier alpha value is -3.13. The average Bonchev–Trinajstić information content (AvgIpc) is 3.50. The van der Waals surface area contributed by atoms with Gasteiger partial charge in [0.15, 0.2) is 17.3 Å². The van der Waals surface area contributed by atoms with Gasteiger partial charge in [-0.05, 0) is 53.1 Å². The van der Waals surface area contributed by atoms with Crippen molar-refractivity contribution < 1.29 is 14.3 Å². The van der Waals surface area contributed by atoms with Crippen molar-refractivity contribution >= 4 is 23.2 Å². The Morgan fingerprint density at radius 2 is 2.07 bits per heavy atom. The van der Waals surface area contributed by atoms with Crippen LogP contribution in [-0.4, -0.2) is 39.3 Å². The Morgan fingerprint density at radius 1 is 1.20 bits per heavy atom. The minimum atomic E-state index is -0.153. The summed E-state index contributed by atoms with van der Waals surface area (Å²) in [5.74, 6) is 1.68. The summed E-state index contributed by atoms with van der Waals surface area (Å²) in [5, 5.41) is 15.4.